The van der Waals surface area contributed by atoms with E-state index in [2.05, 4.69) is 27.7 Å². The molecule has 0 heterocycles. The predicted molar refractivity (Wildman–Crippen MR) is 243 cm³/mol. The summed E-state index contributed by atoms with van der Waals surface area (Å²) in [6.07, 6.45) is 46.5. The fourth-order valence-electron chi connectivity index (χ4n) is 7.69. The molecule has 6 heteroatoms. The van der Waals surface area contributed by atoms with Crippen molar-refractivity contribution in [3.63, 3.8) is 0 Å². The van der Waals surface area contributed by atoms with Crippen molar-refractivity contribution in [3.8, 4) is 0 Å². The van der Waals surface area contributed by atoms with E-state index >= 15 is 0 Å². The van der Waals surface area contributed by atoms with Crippen LogP contribution in [0.1, 0.15) is 285 Å². The molecule has 0 saturated carbocycles. The molecule has 0 N–H and O–H groups in total. The van der Waals surface area contributed by atoms with Gasteiger partial charge in [-0.1, -0.05) is 246 Å². The van der Waals surface area contributed by atoms with Gasteiger partial charge in [0.15, 0.2) is 6.10 Å². The van der Waals surface area contributed by atoms with Crippen LogP contribution < -0.4 is 0 Å². The highest BCUT2D eigenvalue weighted by molar-refractivity contribution is 5.71. The zero-order valence-corrected chi connectivity index (χ0v) is 38.8. The zero-order valence-electron chi connectivity index (χ0n) is 38.8. The van der Waals surface area contributed by atoms with E-state index in [1.807, 2.05) is 0 Å². The van der Waals surface area contributed by atoms with E-state index in [1.165, 1.54) is 180 Å². The van der Waals surface area contributed by atoms with E-state index < -0.39 is 6.10 Å². The van der Waals surface area contributed by atoms with Crippen LogP contribution in [-0.2, 0) is 28.6 Å². The summed E-state index contributed by atoms with van der Waals surface area (Å²) in [5, 5.41) is 0. The quantitative estimate of drug-likeness (QED) is 0.0346. The van der Waals surface area contributed by atoms with Gasteiger partial charge in [-0.15, -0.1) is 0 Å². The molecule has 0 rings (SSSR count). The van der Waals surface area contributed by atoms with Gasteiger partial charge in [-0.3, -0.25) is 14.4 Å². The Balaban J connectivity index is 4.31. The molecule has 0 spiro atoms. The number of esters is 3. The van der Waals surface area contributed by atoms with Gasteiger partial charge in [0.2, 0.25) is 0 Å². The standard InChI is InChI=1S/C51H98O6/c1-5-7-9-11-13-15-17-19-20-22-26-30-34-38-42-49(52)55-45-48(57-51(54)44-40-36-32-28-21-18-16-14-12-10-8-6-2)46-56-50(53)43-39-35-31-27-24-23-25-29-33-37-41-47(3)4/h47-48H,5-46H2,1-4H3/t48-/m0/s1. The third-order valence-electron chi connectivity index (χ3n) is 11.5. The summed E-state index contributed by atoms with van der Waals surface area (Å²) in [6, 6.07) is 0. The highest BCUT2D eigenvalue weighted by Crippen LogP contribution is 2.17. The third kappa shape index (κ3) is 45.3. The van der Waals surface area contributed by atoms with Crippen LogP contribution in [0.3, 0.4) is 0 Å². The van der Waals surface area contributed by atoms with Crippen LogP contribution in [0.4, 0.5) is 0 Å². The number of carbonyl (C=O) groups is 3. The highest BCUT2D eigenvalue weighted by Gasteiger charge is 2.19. The number of rotatable bonds is 46. The first-order chi connectivity index (χ1) is 27.9. The van der Waals surface area contributed by atoms with Crippen molar-refractivity contribution in [2.24, 2.45) is 5.92 Å². The molecule has 0 radical (unpaired) electrons. The predicted octanol–water partition coefficient (Wildman–Crippen LogP) is 16.3. The summed E-state index contributed by atoms with van der Waals surface area (Å²) in [7, 11) is 0. The number of carbonyl (C=O) groups excluding carboxylic acids is 3. The lowest BCUT2D eigenvalue weighted by molar-refractivity contribution is -0.167. The van der Waals surface area contributed by atoms with E-state index in [-0.39, 0.29) is 31.1 Å². The van der Waals surface area contributed by atoms with Gasteiger partial charge in [0.05, 0.1) is 0 Å². The second-order valence-corrected chi connectivity index (χ2v) is 17.9. The Labute approximate surface area is 355 Å². The average molecular weight is 807 g/mol. The average Bonchev–Trinajstić information content (AvgIpc) is 3.19. The smallest absolute Gasteiger partial charge is 0.306 e. The lowest BCUT2D eigenvalue weighted by Crippen LogP contribution is -2.30. The van der Waals surface area contributed by atoms with Crippen molar-refractivity contribution >= 4 is 17.9 Å². The van der Waals surface area contributed by atoms with Crippen molar-refractivity contribution in [2.45, 2.75) is 291 Å². The fourth-order valence-corrected chi connectivity index (χ4v) is 7.69. The third-order valence-corrected chi connectivity index (χ3v) is 11.5. The first-order valence-corrected chi connectivity index (χ1v) is 25.4. The Bertz CT molecular complexity index is 857. The normalized spacial score (nSPS) is 11.9. The minimum atomic E-state index is -0.760. The van der Waals surface area contributed by atoms with Gasteiger partial charge in [-0.2, -0.15) is 0 Å². The summed E-state index contributed by atoms with van der Waals surface area (Å²) in [4.78, 5) is 37.9. The molecule has 1 atom stereocenters. The molecule has 0 fully saturated rings. The molecule has 0 aliphatic carbocycles. The SMILES string of the molecule is CCCCCCCCCCCCCCCCC(=O)OC[C@@H](COC(=O)CCCCCCCCCCCCC(C)C)OC(=O)CCCCCCCCCCCCCC. The van der Waals surface area contributed by atoms with Crippen LogP contribution in [0.15, 0.2) is 0 Å². The molecule has 0 aliphatic rings. The van der Waals surface area contributed by atoms with Crippen LogP contribution in [0.25, 0.3) is 0 Å². The Hall–Kier alpha value is -1.59. The minimum absolute atomic E-state index is 0.0629. The molecule has 57 heavy (non-hydrogen) atoms. The molecular formula is C51H98O6. The second kappa shape index (κ2) is 45.5. The largest absolute Gasteiger partial charge is 0.462 e. The van der Waals surface area contributed by atoms with Crippen LogP contribution in [0, 0.1) is 5.92 Å². The number of hydrogen-bond donors (Lipinski definition) is 0. The van der Waals surface area contributed by atoms with Gasteiger partial charge in [-0.25, -0.2) is 0 Å². The minimum Gasteiger partial charge on any atom is -0.462 e. The van der Waals surface area contributed by atoms with E-state index in [9.17, 15) is 14.4 Å². The lowest BCUT2D eigenvalue weighted by Gasteiger charge is -2.18. The van der Waals surface area contributed by atoms with Crippen LogP contribution in [0.2, 0.25) is 0 Å². The second-order valence-electron chi connectivity index (χ2n) is 17.9. The molecule has 0 aromatic rings. The molecule has 0 aromatic heterocycles. The monoisotopic (exact) mass is 807 g/mol. The van der Waals surface area contributed by atoms with Crippen molar-refractivity contribution < 1.29 is 28.6 Å². The van der Waals surface area contributed by atoms with Crippen LogP contribution >= 0.6 is 0 Å². The summed E-state index contributed by atoms with van der Waals surface area (Å²) < 4.78 is 16.8. The van der Waals surface area contributed by atoms with E-state index in [0.29, 0.717) is 19.3 Å². The Morgan fingerprint density at radius 2 is 0.579 bits per heavy atom. The van der Waals surface area contributed by atoms with Gasteiger partial charge < -0.3 is 14.2 Å². The maximum absolute atomic E-state index is 12.7. The molecule has 0 saturated heterocycles. The maximum Gasteiger partial charge on any atom is 0.306 e. The number of unbranched alkanes of at least 4 members (excludes halogenated alkanes) is 33. The van der Waals surface area contributed by atoms with Crippen molar-refractivity contribution in [1.82, 2.24) is 0 Å². The van der Waals surface area contributed by atoms with Gasteiger partial charge >= 0.3 is 17.9 Å². The van der Waals surface area contributed by atoms with Crippen molar-refractivity contribution in [3.05, 3.63) is 0 Å². The fraction of sp³-hybridized carbons (Fsp3) is 0.941. The maximum atomic E-state index is 12.7. The molecular weight excluding hydrogens is 709 g/mol. The van der Waals surface area contributed by atoms with E-state index in [4.69, 9.17) is 14.2 Å². The first kappa shape index (κ1) is 55.4. The lowest BCUT2D eigenvalue weighted by atomic mass is 10.0. The van der Waals surface area contributed by atoms with E-state index in [1.54, 1.807) is 0 Å². The number of ether oxygens (including phenoxy) is 3. The Kier molecular flexibility index (Phi) is 44.2. The molecule has 338 valence electrons. The summed E-state index contributed by atoms with van der Waals surface area (Å²) in [5.41, 5.74) is 0. The zero-order chi connectivity index (χ0) is 41.7. The molecule has 0 bridgehead atoms. The summed E-state index contributed by atoms with van der Waals surface area (Å²) in [5.74, 6) is -0.0274. The molecule has 6 nitrogen and oxygen atoms in total. The van der Waals surface area contributed by atoms with Crippen molar-refractivity contribution in [2.75, 3.05) is 13.2 Å². The van der Waals surface area contributed by atoms with Gasteiger partial charge in [0.1, 0.15) is 13.2 Å². The summed E-state index contributed by atoms with van der Waals surface area (Å²) >= 11 is 0. The van der Waals surface area contributed by atoms with Crippen molar-refractivity contribution in [1.29, 1.82) is 0 Å². The van der Waals surface area contributed by atoms with Gasteiger partial charge in [0.25, 0.3) is 0 Å². The molecule has 0 unspecified atom stereocenters. The topological polar surface area (TPSA) is 78.9 Å². The molecule has 0 aromatic carbocycles. The van der Waals surface area contributed by atoms with Gasteiger partial charge in [-0.05, 0) is 25.2 Å². The summed E-state index contributed by atoms with van der Waals surface area (Å²) in [6.45, 7) is 9.01. The first-order valence-electron chi connectivity index (χ1n) is 25.4. The Morgan fingerprint density at radius 3 is 0.860 bits per heavy atom. The number of hydrogen-bond acceptors (Lipinski definition) is 6. The molecule has 0 amide bonds. The Morgan fingerprint density at radius 1 is 0.333 bits per heavy atom. The highest BCUT2D eigenvalue weighted by atomic mass is 16.6. The van der Waals surface area contributed by atoms with E-state index in [0.717, 1.165) is 63.7 Å². The van der Waals surface area contributed by atoms with Gasteiger partial charge in [0, 0.05) is 19.3 Å². The molecule has 0 aliphatic heterocycles. The van der Waals surface area contributed by atoms with Crippen LogP contribution in [0.5, 0.6) is 0 Å². The van der Waals surface area contributed by atoms with Crippen LogP contribution in [-0.4, -0.2) is 37.2 Å².